The van der Waals surface area contributed by atoms with E-state index in [1.165, 1.54) is 5.56 Å². The molecule has 0 saturated heterocycles. The molecule has 0 unspecified atom stereocenters. The lowest BCUT2D eigenvalue weighted by atomic mass is 10.2. The van der Waals surface area contributed by atoms with Gasteiger partial charge in [0.1, 0.15) is 18.1 Å². The van der Waals surface area contributed by atoms with E-state index in [9.17, 15) is 0 Å². The zero-order chi connectivity index (χ0) is 14.2. The minimum atomic E-state index is 0.631. The molecule has 0 aliphatic heterocycles. The summed E-state index contributed by atoms with van der Waals surface area (Å²) in [5, 5.41) is 3.32. The number of nitrogens with zero attached hydrogens (tertiary/aromatic N) is 1. The molecule has 4 heteroatoms. The molecule has 20 heavy (non-hydrogen) atoms. The lowest BCUT2D eigenvalue weighted by Crippen LogP contribution is -2.20. The maximum absolute atomic E-state index is 5.63. The molecule has 0 amide bonds. The molecular weight excluding hydrogens is 252 g/mol. The number of rotatable bonds is 7. The molecule has 0 atom stereocenters. The fourth-order valence-electron chi connectivity index (χ4n) is 1.75. The van der Waals surface area contributed by atoms with Crippen LogP contribution in [0.5, 0.6) is 11.5 Å². The summed E-state index contributed by atoms with van der Waals surface area (Å²) in [6.45, 7) is 4.21. The molecule has 1 aromatic carbocycles. The van der Waals surface area contributed by atoms with Crippen molar-refractivity contribution in [1.29, 1.82) is 0 Å². The molecule has 0 saturated carbocycles. The van der Waals surface area contributed by atoms with Crippen LogP contribution in [0.3, 0.4) is 0 Å². The van der Waals surface area contributed by atoms with Gasteiger partial charge in [-0.25, -0.2) is 0 Å². The molecule has 0 aliphatic carbocycles. The highest BCUT2D eigenvalue weighted by molar-refractivity contribution is 5.31. The van der Waals surface area contributed by atoms with E-state index in [2.05, 4.69) is 16.4 Å². The van der Waals surface area contributed by atoms with Crippen molar-refractivity contribution < 1.29 is 9.47 Å². The van der Waals surface area contributed by atoms with Crippen molar-refractivity contribution in [2.75, 3.05) is 20.3 Å². The summed E-state index contributed by atoms with van der Waals surface area (Å²) < 4.78 is 10.7. The lowest BCUT2D eigenvalue weighted by Gasteiger charge is -2.08. The second-order valence-corrected chi connectivity index (χ2v) is 4.51. The highest BCUT2D eigenvalue weighted by atomic mass is 16.5. The van der Waals surface area contributed by atoms with Gasteiger partial charge in [-0.3, -0.25) is 4.98 Å². The number of pyridine rings is 1. The van der Waals surface area contributed by atoms with E-state index < -0.39 is 0 Å². The number of aromatic nitrogens is 1. The van der Waals surface area contributed by atoms with Crippen LogP contribution in [0, 0.1) is 6.92 Å². The number of methoxy groups -OCH3 is 1. The molecule has 0 spiro atoms. The SMILES string of the molecule is COc1ccc(OCCNCc2ccc(C)nc2)cc1. The van der Waals surface area contributed by atoms with Gasteiger partial charge in [0.15, 0.2) is 0 Å². The third-order valence-electron chi connectivity index (χ3n) is 2.91. The number of ether oxygens (including phenoxy) is 2. The monoisotopic (exact) mass is 272 g/mol. The predicted octanol–water partition coefficient (Wildman–Crippen LogP) is 2.57. The average Bonchev–Trinajstić information content (AvgIpc) is 2.49. The zero-order valence-electron chi connectivity index (χ0n) is 11.9. The van der Waals surface area contributed by atoms with Gasteiger partial charge in [-0.15, -0.1) is 0 Å². The van der Waals surface area contributed by atoms with E-state index in [1.54, 1.807) is 7.11 Å². The van der Waals surface area contributed by atoms with Gasteiger partial charge < -0.3 is 14.8 Å². The van der Waals surface area contributed by atoms with Crippen molar-refractivity contribution in [2.24, 2.45) is 0 Å². The van der Waals surface area contributed by atoms with Crippen molar-refractivity contribution >= 4 is 0 Å². The van der Waals surface area contributed by atoms with Crippen molar-refractivity contribution in [3.8, 4) is 11.5 Å². The predicted molar refractivity (Wildman–Crippen MR) is 79.2 cm³/mol. The summed E-state index contributed by atoms with van der Waals surface area (Å²) in [6.07, 6.45) is 1.90. The van der Waals surface area contributed by atoms with Crippen LogP contribution >= 0.6 is 0 Å². The van der Waals surface area contributed by atoms with E-state index >= 15 is 0 Å². The zero-order valence-corrected chi connectivity index (χ0v) is 11.9. The normalized spacial score (nSPS) is 10.3. The van der Waals surface area contributed by atoms with Crippen molar-refractivity contribution in [2.45, 2.75) is 13.5 Å². The highest BCUT2D eigenvalue weighted by Gasteiger charge is 1.96. The first-order valence-electron chi connectivity index (χ1n) is 6.67. The Morgan fingerprint density at radius 3 is 2.45 bits per heavy atom. The fourth-order valence-corrected chi connectivity index (χ4v) is 1.75. The molecule has 0 fully saturated rings. The largest absolute Gasteiger partial charge is 0.497 e. The fraction of sp³-hybridized carbons (Fsp3) is 0.312. The minimum absolute atomic E-state index is 0.631. The topological polar surface area (TPSA) is 43.4 Å². The van der Waals surface area contributed by atoms with Gasteiger partial charge >= 0.3 is 0 Å². The van der Waals surface area contributed by atoms with Crippen molar-refractivity contribution in [3.63, 3.8) is 0 Å². The molecule has 2 aromatic rings. The van der Waals surface area contributed by atoms with E-state index in [-0.39, 0.29) is 0 Å². The van der Waals surface area contributed by atoms with Gasteiger partial charge in [0.05, 0.1) is 7.11 Å². The Morgan fingerprint density at radius 2 is 1.80 bits per heavy atom. The van der Waals surface area contributed by atoms with Gasteiger partial charge in [-0.2, -0.15) is 0 Å². The van der Waals surface area contributed by atoms with Crippen LogP contribution < -0.4 is 14.8 Å². The summed E-state index contributed by atoms with van der Waals surface area (Å²) in [6, 6.07) is 11.7. The van der Waals surface area contributed by atoms with Crippen LogP contribution in [0.2, 0.25) is 0 Å². The van der Waals surface area contributed by atoms with Crippen LogP contribution in [-0.2, 0) is 6.54 Å². The first kappa shape index (κ1) is 14.3. The summed E-state index contributed by atoms with van der Waals surface area (Å²) in [4.78, 5) is 4.26. The summed E-state index contributed by atoms with van der Waals surface area (Å²) in [5.41, 5.74) is 2.22. The Kier molecular flexibility index (Phi) is 5.38. The van der Waals surface area contributed by atoms with Gasteiger partial charge in [-0.1, -0.05) is 6.07 Å². The Morgan fingerprint density at radius 1 is 1.05 bits per heavy atom. The maximum Gasteiger partial charge on any atom is 0.119 e. The highest BCUT2D eigenvalue weighted by Crippen LogP contribution is 2.16. The smallest absolute Gasteiger partial charge is 0.119 e. The van der Waals surface area contributed by atoms with Gasteiger partial charge in [-0.05, 0) is 42.8 Å². The van der Waals surface area contributed by atoms with E-state index in [1.807, 2.05) is 43.5 Å². The quantitative estimate of drug-likeness (QED) is 0.787. The summed E-state index contributed by atoms with van der Waals surface area (Å²) in [5.74, 6) is 1.69. The maximum atomic E-state index is 5.63. The van der Waals surface area contributed by atoms with Crippen molar-refractivity contribution in [1.82, 2.24) is 10.3 Å². The van der Waals surface area contributed by atoms with Crippen LogP contribution in [0.15, 0.2) is 42.6 Å². The molecule has 4 nitrogen and oxygen atoms in total. The second kappa shape index (κ2) is 7.50. The van der Waals surface area contributed by atoms with E-state index in [0.29, 0.717) is 6.61 Å². The van der Waals surface area contributed by atoms with Gasteiger partial charge in [0.25, 0.3) is 0 Å². The summed E-state index contributed by atoms with van der Waals surface area (Å²) in [7, 11) is 1.65. The number of aryl methyl sites for hydroxylation is 1. The Balaban J connectivity index is 1.64. The van der Waals surface area contributed by atoms with Gasteiger partial charge in [0, 0.05) is 25.0 Å². The number of hydrogen-bond donors (Lipinski definition) is 1. The summed E-state index contributed by atoms with van der Waals surface area (Å²) >= 11 is 0. The number of nitrogens with one attached hydrogen (secondary N) is 1. The van der Waals surface area contributed by atoms with Crippen LogP contribution in [0.1, 0.15) is 11.3 Å². The Hall–Kier alpha value is -2.07. The molecule has 2 rings (SSSR count). The van der Waals surface area contributed by atoms with E-state index in [0.717, 1.165) is 30.3 Å². The average molecular weight is 272 g/mol. The molecule has 106 valence electrons. The minimum Gasteiger partial charge on any atom is -0.497 e. The number of hydrogen-bond acceptors (Lipinski definition) is 4. The van der Waals surface area contributed by atoms with Gasteiger partial charge in [0.2, 0.25) is 0 Å². The first-order valence-corrected chi connectivity index (χ1v) is 6.67. The second-order valence-electron chi connectivity index (χ2n) is 4.51. The third kappa shape index (κ3) is 4.55. The Labute approximate surface area is 119 Å². The first-order chi connectivity index (χ1) is 9.78. The number of benzene rings is 1. The van der Waals surface area contributed by atoms with Crippen molar-refractivity contribution in [3.05, 3.63) is 53.9 Å². The third-order valence-corrected chi connectivity index (χ3v) is 2.91. The molecular formula is C16H20N2O2. The van der Waals surface area contributed by atoms with Crippen LogP contribution in [0.4, 0.5) is 0 Å². The van der Waals surface area contributed by atoms with Crippen LogP contribution in [-0.4, -0.2) is 25.2 Å². The molecule has 1 heterocycles. The lowest BCUT2D eigenvalue weighted by molar-refractivity contribution is 0.313. The van der Waals surface area contributed by atoms with Crippen LogP contribution in [0.25, 0.3) is 0 Å². The Bertz CT molecular complexity index is 509. The molecule has 0 bridgehead atoms. The molecule has 0 aliphatic rings. The molecule has 0 radical (unpaired) electrons. The molecule has 1 aromatic heterocycles. The standard InChI is InChI=1S/C16H20N2O2/c1-13-3-4-14(12-18-13)11-17-9-10-20-16-7-5-15(19-2)6-8-16/h3-8,12,17H,9-11H2,1-2H3. The van der Waals surface area contributed by atoms with E-state index in [4.69, 9.17) is 9.47 Å². The molecule has 1 N–H and O–H groups in total.